The highest BCUT2D eigenvalue weighted by molar-refractivity contribution is 5.66. The van der Waals surface area contributed by atoms with Crippen molar-refractivity contribution in [2.24, 2.45) is 50.2 Å². The van der Waals surface area contributed by atoms with Crippen LogP contribution in [0.25, 0.3) is 0 Å². The van der Waals surface area contributed by atoms with Crippen LogP contribution in [0.1, 0.15) is 127 Å². The fourth-order valence-electron chi connectivity index (χ4n) is 11.4. The van der Waals surface area contributed by atoms with Gasteiger partial charge in [-0.2, -0.15) is 0 Å². The van der Waals surface area contributed by atoms with Gasteiger partial charge < -0.3 is 9.47 Å². The molecular formula is C34H54O4. The fraction of sp³-hybridized carbons (Fsp3) is 0.882. The molecule has 0 aromatic heterocycles. The van der Waals surface area contributed by atoms with Crippen molar-refractivity contribution in [3.63, 3.8) is 0 Å². The third kappa shape index (κ3) is 3.80. The van der Waals surface area contributed by atoms with Crippen LogP contribution in [0.15, 0.2) is 11.6 Å². The summed E-state index contributed by atoms with van der Waals surface area (Å²) in [6.07, 6.45) is 12.7. The lowest BCUT2D eigenvalue weighted by molar-refractivity contribution is -0.243. The van der Waals surface area contributed by atoms with Crippen molar-refractivity contribution < 1.29 is 19.1 Å². The van der Waals surface area contributed by atoms with Crippen molar-refractivity contribution in [2.75, 3.05) is 0 Å². The molecule has 4 saturated carbocycles. The van der Waals surface area contributed by atoms with E-state index in [1.165, 1.54) is 25.7 Å². The minimum Gasteiger partial charge on any atom is -0.462 e. The van der Waals surface area contributed by atoms with E-state index in [-0.39, 0.29) is 56.6 Å². The van der Waals surface area contributed by atoms with Gasteiger partial charge in [-0.3, -0.25) is 9.59 Å². The first-order valence-electron chi connectivity index (χ1n) is 15.5. The van der Waals surface area contributed by atoms with E-state index in [4.69, 9.17) is 9.47 Å². The monoisotopic (exact) mass is 526 g/mol. The second kappa shape index (κ2) is 8.59. The van der Waals surface area contributed by atoms with E-state index in [0.29, 0.717) is 17.8 Å². The Hall–Kier alpha value is -1.32. The zero-order valence-corrected chi connectivity index (χ0v) is 26.0. The number of rotatable bonds is 2. The maximum atomic E-state index is 12.4. The molecule has 0 aliphatic heterocycles. The van der Waals surface area contributed by atoms with Crippen LogP contribution in [0, 0.1) is 50.2 Å². The zero-order valence-electron chi connectivity index (χ0n) is 26.0. The predicted molar refractivity (Wildman–Crippen MR) is 151 cm³/mol. The molecule has 5 aliphatic carbocycles. The maximum Gasteiger partial charge on any atom is 0.302 e. The Labute approximate surface area is 232 Å². The Morgan fingerprint density at radius 3 is 1.97 bits per heavy atom. The topological polar surface area (TPSA) is 52.6 Å². The van der Waals surface area contributed by atoms with Gasteiger partial charge in [-0.15, -0.1) is 0 Å². The van der Waals surface area contributed by atoms with Crippen LogP contribution >= 0.6 is 0 Å². The van der Waals surface area contributed by atoms with E-state index >= 15 is 0 Å². The van der Waals surface area contributed by atoms with Crippen LogP contribution in [-0.4, -0.2) is 24.1 Å². The van der Waals surface area contributed by atoms with Gasteiger partial charge in [0.05, 0.1) is 0 Å². The van der Waals surface area contributed by atoms with Gasteiger partial charge in [-0.05, 0) is 97.2 Å². The molecule has 38 heavy (non-hydrogen) atoms. The molecule has 0 amide bonds. The maximum absolute atomic E-state index is 12.4. The lowest BCUT2D eigenvalue weighted by Crippen LogP contribution is -2.67. The molecule has 0 aromatic carbocycles. The van der Waals surface area contributed by atoms with Crippen molar-refractivity contribution in [1.82, 2.24) is 0 Å². The molecule has 5 rings (SSSR count). The molecule has 0 aromatic rings. The van der Waals surface area contributed by atoms with E-state index < -0.39 is 0 Å². The SMILES string of the molecule is CC(=O)O[C@H]1CC[C@]2(C)[C@H]3CC[C@@H]4C5=CC(C)(C)CC[C@]5(C)[C@@H](OC(C)=O)C[C@@]4(C)[C@]3(C)CC[C@H]2C1(C)C. The molecule has 9 atom stereocenters. The molecule has 0 saturated heterocycles. The number of carbonyl (C=O) groups is 2. The Morgan fingerprint density at radius 1 is 0.711 bits per heavy atom. The first kappa shape index (κ1) is 28.2. The van der Waals surface area contributed by atoms with Gasteiger partial charge in [-0.25, -0.2) is 0 Å². The van der Waals surface area contributed by atoms with Crippen molar-refractivity contribution in [3.05, 3.63) is 11.6 Å². The first-order chi connectivity index (χ1) is 17.4. The molecule has 0 bridgehead atoms. The summed E-state index contributed by atoms with van der Waals surface area (Å²) in [7, 11) is 0. The predicted octanol–water partition coefficient (Wildman–Crippen LogP) is 8.28. The lowest BCUT2D eigenvalue weighted by atomic mass is 9.32. The number of hydrogen-bond acceptors (Lipinski definition) is 4. The third-order valence-corrected chi connectivity index (χ3v) is 13.6. The van der Waals surface area contributed by atoms with Crippen LogP contribution in [-0.2, 0) is 19.1 Å². The Morgan fingerprint density at radius 2 is 1.34 bits per heavy atom. The van der Waals surface area contributed by atoms with Crippen molar-refractivity contribution in [2.45, 2.75) is 139 Å². The van der Waals surface area contributed by atoms with E-state index in [1.807, 2.05) is 0 Å². The summed E-state index contributed by atoms with van der Waals surface area (Å²) in [4.78, 5) is 24.4. The number of ether oxygens (including phenoxy) is 2. The Balaban J connectivity index is 1.57. The molecule has 0 radical (unpaired) electrons. The molecular weight excluding hydrogens is 472 g/mol. The van der Waals surface area contributed by atoms with Crippen LogP contribution in [0.2, 0.25) is 0 Å². The standard InChI is InChI=1S/C34H54O4/c1-21(35)37-27-14-15-32(8)25(30(27,5)6)13-16-33(9)26(32)12-11-23-24-19-29(3,4)17-18-31(24,7)28(38-22(2)36)20-34(23,33)10/h19,23,25-28H,11-18,20H2,1-10H3/t23-,25+,26-,27+,28+,31+,32+,33-,34-/m1/s1. The highest BCUT2D eigenvalue weighted by atomic mass is 16.5. The number of esters is 2. The summed E-state index contributed by atoms with van der Waals surface area (Å²) in [5.41, 5.74) is 2.18. The summed E-state index contributed by atoms with van der Waals surface area (Å²) in [6, 6.07) is 0. The summed E-state index contributed by atoms with van der Waals surface area (Å²) < 4.78 is 12.2. The molecule has 5 aliphatic rings. The van der Waals surface area contributed by atoms with Crippen LogP contribution in [0.5, 0.6) is 0 Å². The van der Waals surface area contributed by atoms with Crippen molar-refractivity contribution >= 4 is 11.9 Å². The van der Waals surface area contributed by atoms with Crippen LogP contribution in [0.4, 0.5) is 0 Å². The first-order valence-corrected chi connectivity index (χ1v) is 15.5. The van der Waals surface area contributed by atoms with Gasteiger partial charge in [0.15, 0.2) is 0 Å². The fourth-order valence-corrected chi connectivity index (χ4v) is 11.4. The van der Waals surface area contributed by atoms with E-state index in [0.717, 1.165) is 32.1 Å². The molecule has 0 N–H and O–H groups in total. The second-order valence-electron chi connectivity index (χ2n) is 16.4. The molecule has 0 spiro atoms. The van der Waals surface area contributed by atoms with Gasteiger partial charge in [0.1, 0.15) is 12.2 Å². The highest BCUT2D eigenvalue weighted by Gasteiger charge is 2.70. The van der Waals surface area contributed by atoms with E-state index in [9.17, 15) is 9.59 Å². The normalized spacial score (nSPS) is 48.8. The van der Waals surface area contributed by atoms with Gasteiger partial charge in [-0.1, -0.05) is 67.0 Å². The number of carbonyl (C=O) groups excluding carboxylic acids is 2. The largest absolute Gasteiger partial charge is 0.462 e. The van der Waals surface area contributed by atoms with Crippen molar-refractivity contribution in [3.8, 4) is 0 Å². The highest BCUT2D eigenvalue weighted by Crippen LogP contribution is 2.76. The van der Waals surface area contributed by atoms with Gasteiger partial charge in [0.2, 0.25) is 0 Å². The summed E-state index contributed by atoms with van der Waals surface area (Å²) in [6.45, 7) is 22.8. The Bertz CT molecular complexity index is 1040. The average Bonchev–Trinajstić information content (AvgIpc) is 2.77. The number of fused-ring (bicyclic) bond motifs is 7. The second-order valence-corrected chi connectivity index (χ2v) is 16.4. The van der Waals surface area contributed by atoms with Crippen LogP contribution < -0.4 is 0 Å². The molecule has 4 nitrogen and oxygen atoms in total. The molecule has 4 fully saturated rings. The molecule has 0 heterocycles. The minimum absolute atomic E-state index is 0.00715. The average molecular weight is 527 g/mol. The quantitative estimate of drug-likeness (QED) is 0.268. The summed E-state index contributed by atoms with van der Waals surface area (Å²) in [5, 5.41) is 0. The number of hydrogen-bond donors (Lipinski definition) is 0. The molecule has 214 valence electrons. The Kier molecular flexibility index (Phi) is 6.38. The van der Waals surface area contributed by atoms with Crippen molar-refractivity contribution in [1.29, 1.82) is 0 Å². The van der Waals surface area contributed by atoms with Gasteiger partial charge in [0, 0.05) is 24.7 Å². The minimum atomic E-state index is -0.147. The molecule has 0 unspecified atom stereocenters. The van der Waals surface area contributed by atoms with Gasteiger partial charge >= 0.3 is 11.9 Å². The van der Waals surface area contributed by atoms with E-state index in [2.05, 4.69) is 61.5 Å². The summed E-state index contributed by atoms with van der Waals surface area (Å²) in [5.74, 6) is 1.42. The third-order valence-electron chi connectivity index (χ3n) is 13.6. The summed E-state index contributed by atoms with van der Waals surface area (Å²) >= 11 is 0. The van der Waals surface area contributed by atoms with E-state index in [1.54, 1.807) is 19.4 Å². The smallest absolute Gasteiger partial charge is 0.302 e. The zero-order chi connectivity index (χ0) is 28.1. The van der Waals surface area contributed by atoms with Gasteiger partial charge in [0.25, 0.3) is 0 Å². The lowest BCUT2D eigenvalue weighted by Gasteiger charge is -2.73. The van der Waals surface area contributed by atoms with Crippen LogP contribution in [0.3, 0.4) is 0 Å². The molecule has 4 heteroatoms. The number of allylic oxidation sites excluding steroid dienone is 1.